The molecule has 1 saturated carbocycles. The van der Waals surface area contributed by atoms with E-state index in [1.165, 1.54) is 24.1 Å². The smallest absolute Gasteiger partial charge is 0.264 e. The van der Waals surface area contributed by atoms with Gasteiger partial charge >= 0.3 is 0 Å². The lowest BCUT2D eigenvalue weighted by Gasteiger charge is -2.35. The van der Waals surface area contributed by atoms with Crippen molar-refractivity contribution in [2.75, 3.05) is 18.0 Å². The monoisotopic (exact) mass is 765 g/mol. The molecule has 1 fully saturated rings. The van der Waals surface area contributed by atoms with Crippen LogP contribution in [0.25, 0.3) is 0 Å². The molecule has 258 valence electrons. The maximum absolute atomic E-state index is 14.7. The molecular weight excluding hydrogens is 726 g/mol. The van der Waals surface area contributed by atoms with Crippen molar-refractivity contribution in [3.05, 3.63) is 123 Å². The molecule has 49 heavy (non-hydrogen) atoms. The molecule has 1 unspecified atom stereocenters. The lowest BCUT2D eigenvalue weighted by molar-refractivity contribution is -0.140. The van der Waals surface area contributed by atoms with E-state index in [0.29, 0.717) is 26.5 Å². The molecule has 8 nitrogen and oxygen atoms in total. The minimum absolute atomic E-state index is 0.0144. The SMILES string of the molecule is COc1ccc(S(=O)(=O)N(CC(=O)N(Cc2cccc(Cl)c2)C(Cc2ccccc2)C(=O)NC2CCCCC2)c2ccc(C)cc2)cc1Br. The Balaban J connectivity index is 1.57. The van der Waals surface area contributed by atoms with Crippen LogP contribution in [0, 0.1) is 6.92 Å². The molecule has 11 heteroatoms. The van der Waals surface area contributed by atoms with Crippen LogP contribution in [0.5, 0.6) is 5.75 Å². The lowest BCUT2D eigenvalue weighted by Crippen LogP contribution is -2.55. The molecule has 4 aromatic rings. The van der Waals surface area contributed by atoms with E-state index in [1.807, 2.05) is 43.3 Å². The fourth-order valence-corrected chi connectivity index (χ4v) is 8.45. The van der Waals surface area contributed by atoms with Gasteiger partial charge in [0, 0.05) is 24.0 Å². The van der Waals surface area contributed by atoms with E-state index in [2.05, 4.69) is 21.2 Å². The topological polar surface area (TPSA) is 96.0 Å². The minimum atomic E-state index is -4.27. The van der Waals surface area contributed by atoms with Gasteiger partial charge in [0.2, 0.25) is 11.8 Å². The summed E-state index contributed by atoms with van der Waals surface area (Å²) in [5.41, 5.74) is 2.85. The van der Waals surface area contributed by atoms with Gasteiger partial charge in [-0.3, -0.25) is 13.9 Å². The number of carbonyl (C=O) groups excluding carboxylic acids is 2. The molecule has 1 aliphatic carbocycles. The van der Waals surface area contributed by atoms with Crippen molar-refractivity contribution in [2.24, 2.45) is 0 Å². The lowest BCUT2D eigenvalue weighted by atomic mass is 9.94. The minimum Gasteiger partial charge on any atom is -0.496 e. The molecule has 1 N–H and O–H groups in total. The Morgan fingerprint density at radius 1 is 0.918 bits per heavy atom. The van der Waals surface area contributed by atoms with Gasteiger partial charge in [0.1, 0.15) is 18.3 Å². The van der Waals surface area contributed by atoms with Crippen molar-refractivity contribution in [1.29, 1.82) is 0 Å². The van der Waals surface area contributed by atoms with Gasteiger partial charge in [-0.1, -0.05) is 91.0 Å². The Labute approximate surface area is 302 Å². The zero-order valence-electron chi connectivity index (χ0n) is 27.6. The number of sulfonamides is 1. The van der Waals surface area contributed by atoms with Crippen LogP contribution in [0.1, 0.15) is 48.8 Å². The molecule has 0 saturated heterocycles. The quantitative estimate of drug-likeness (QED) is 0.151. The van der Waals surface area contributed by atoms with E-state index in [9.17, 15) is 18.0 Å². The predicted octanol–water partition coefficient (Wildman–Crippen LogP) is 7.70. The first-order chi connectivity index (χ1) is 23.5. The molecule has 5 rings (SSSR count). The normalized spacial score (nSPS) is 14.1. The average molecular weight is 767 g/mol. The Morgan fingerprint density at radius 3 is 2.27 bits per heavy atom. The van der Waals surface area contributed by atoms with Crippen LogP contribution in [0.2, 0.25) is 5.02 Å². The van der Waals surface area contributed by atoms with E-state index < -0.39 is 28.5 Å². The van der Waals surface area contributed by atoms with E-state index in [4.69, 9.17) is 16.3 Å². The molecule has 1 atom stereocenters. The largest absolute Gasteiger partial charge is 0.496 e. The predicted molar refractivity (Wildman–Crippen MR) is 197 cm³/mol. The second-order valence-electron chi connectivity index (χ2n) is 12.3. The van der Waals surface area contributed by atoms with Gasteiger partial charge in [-0.15, -0.1) is 0 Å². The Bertz CT molecular complexity index is 1850. The van der Waals surface area contributed by atoms with Crippen LogP contribution in [0.3, 0.4) is 0 Å². The Hall–Kier alpha value is -3.86. The molecule has 4 aromatic carbocycles. The first kappa shape index (κ1) is 36.4. The van der Waals surface area contributed by atoms with Gasteiger partial charge in [-0.2, -0.15) is 0 Å². The fraction of sp³-hybridized carbons (Fsp3) is 0.316. The van der Waals surface area contributed by atoms with Crippen LogP contribution in [0.15, 0.2) is 106 Å². The number of nitrogens with zero attached hydrogens (tertiary/aromatic N) is 2. The van der Waals surface area contributed by atoms with E-state index >= 15 is 0 Å². The number of halogens is 2. The highest BCUT2D eigenvalue weighted by Gasteiger charge is 2.35. The number of aryl methyl sites for hydroxylation is 1. The summed E-state index contributed by atoms with van der Waals surface area (Å²) in [5, 5.41) is 3.72. The van der Waals surface area contributed by atoms with Crippen LogP contribution >= 0.6 is 27.5 Å². The number of hydrogen-bond acceptors (Lipinski definition) is 5. The van der Waals surface area contributed by atoms with Crippen molar-refractivity contribution < 1.29 is 22.7 Å². The third-order valence-corrected chi connectivity index (χ3v) is 11.4. The highest BCUT2D eigenvalue weighted by Crippen LogP contribution is 2.31. The van der Waals surface area contributed by atoms with Crippen molar-refractivity contribution in [3.63, 3.8) is 0 Å². The van der Waals surface area contributed by atoms with E-state index in [-0.39, 0.29) is 29.8 Å². The van der Waals surface area contributed by atoms with Gasteiger partial charge in [-0.25, -0.2) is 8.42 Å². The third kappa shape index (κ3) is 9.44. The highest BCUT2D eigenvalue weighted by molar-refractivity contribution is 9.10. The fourth-order valence-electron chi connectivity index (χ4n) is 6.10. The molecule has 0 aromatic heterocycles. The van der Waals surface area contributed by atoms with Crippen molar-refractivity contribution >= 4 is 55.1 Å². The number of amides is 2. The van der Waals surface area contributed by atoms with E-state index in [0.717, 1.165) is 47.5 Å². The van der Waals surface area contributed by atoms with Crippen LogP contribution in [0.4, 0.5) is 5.69 Å². The molecule has 0 spiro atoms. The second-order valence-corrected chi connectivity index (χ2v) is 15.5. The molecule has 1 aliphatic rings. The molecular formula is C38H41BrClN3O5S. The van der Waals surface area contributed by atoms with Crippen molar-refractivity contribution in [3.8, 4) is 5.75 Å². The molecule has 0 aliphatic heterocycles. The van der Waals surface area contributed by atoms with Crippen LogP contribution < -0.4 is 14.4 Å². The third-order valence-electron chi connectivity index (χ3n) is 8.78. The number of benzene rings is 4. The van der Waals surface area contributed by atoms with Gasteiger partial charge in [0.05, 0.1) is 22.2 Å². The number of hydrogen-bond donors (Lipinski definition) is 1. The van der Waals surface area contributed by atoms with Gasteiger partial charge < -0.3 is 15.0 Å². The summed E-state index contributed by atoms with van der Waals surface area (Å²) in [6.07, 6.45) is 5.20. The summed E-state index contributed by atoms with van der Waals surface area (Å²) in [5.74, 6) is -0.330. The maximum Gasteiger partial charge on any atom is 0.264 e. The number of nitrogens with one attached hydrogen (secondary N) is 1. The maximum atomic E-state index is 14.7. The molecule has 0 heterocycles. The number of rotatable bonds is 13. The molecule has 0 bridgehead atoms. The van der Waals surface area contributed by atoms with Crippen LogP contribution in [-0.2, 0) is 32.6 Å². The Morgan fingerprint density at radius 2 is 1.61 bits per heavy atom. The number of anilines is 1. The summed E-state index contributed by atoms with van der Waals surface area (Å²) >= 11 is 9.77. The Kier molecular flexibility index (Phi) is 12.4. The summed E-state index contributed by atoms with van der Waals surface area (Å²) in [4.78, 5) is 30.5. The number of ether oxygens (including phenoxy) is 1. The summed E-state index contributed by atoms with van der Waals surface area (Å²) in [6.45, 7) is 1.41. The first-order valence-electron chi connectivity index (χ1n) is 16.4. The summed E-state index contributed by atoms with van der Waals surface area (Å²) in [7, 11) is -2.78. The van der Waals surface area contributed by atoms with Crippen molar-refractivity contribution in [2.45, 2.75) is 69.0 Å². The zero-order valence-corrected chi connectivity index (χ0v) is 30.8. The average Bonchev–Trinajstić information content (AvgIpc) is 3.10. The second kappa shape index (κ2) is 16.7. The summed E-state index contributed by atoms with van der Waals surface area (Å²) < 4.78 is 35.6. The standard InChI is InChI=1S/C38H41BrClN3O5S/c1-27-16-18-32(19-17-27)43(49(46,47)33-20-21-36(48-2)34(39)24-33)26-37(44)42(25-29-12-9-13-30(40)22-29)35(23-28-10-5-3-6-11-28)38(45)41-31-14-7-4-8-15-31/h3,5-6,9-13,16-22,24,31,35H,4,7-8,14-15,23,25-26H2,1-2H3,(H,41,45). The van der Waals surface area contributed by atoms with Gasteiger partial charge in [0.25, 0.3) is 10.0 Å². The van der Waals surface area contributed by atoms with E-state index in [1.54, 1.807) is 48.5 Å². The first-order valence-corrected chi connectivity index (χ1v) is 19.0. The summed E-state index contributed by atoms with van der Waals surface area (Å²) in [6, 6.07) is 27.2. The van der Waals surface area contributed by atoms with Crippen LogP contribution in [-0.4, -0.2) is 50.9 Å². The number of methoxy groups -OCH3 is 1. The number of carbonyl (C=O) groups is 2. The zero-order chi connectivity index (χ0) is 35.0. The van der Waals surface area contributed by atoms with Gasteiger partial charge in [0.15, 0.2) is 0 Å². The molecule has 2 amide bonds. The molecule has 0 radical (unpaired) electrons. The van der Waals surface area contributed by atoms with Crippen molar-refractivity contribution in [1.82, 2.24) is 10.2 Å². The van der Waals surface area contributed by atoms with Gasteiger partial charge in [-0.05, 0) is 89.3 Å². The highest BCUT2D eigenvalue weighted by atomic mass is 79.9.